The molecule has 0 saturated carbocycles. The van der Waals surface area contributed by atoms with Gasteiger partial charge >= 0.3 is 0 Å². The molecule has 96 valence electrons. The van der Waals surface area contributed by atoms with E-state index in [0.29, 0.717) is 5.75 Å². The fourth-order valence-electron chi connectivity index (χ4n) is 1.35. The highest BCUT2D eigenvalue weighted by molar-refractivity contribution is 5.39. The van der Waals surface area contributed by atoms with Crippen molar-refractivity contribution in [2.45, 2.75) is 6.92 Å². The van der Waals surface area contributed by atoms with Gasteiger partial charge in [-0.15, -0.1) is 0 Å². The van der Waals surface area contributed by atoms with Crippen molar-refractivity contribution in [3.8, 4) is 17.2 Å². The predicted molar refractivity (Wildman–Crippen MR) is 72.4 cm³/mol. The van der Waals surface area contributed by atoms with E-state index in [2.05, 4.69) is 0 Å². The largest absolute Gasteiger partial charge is 0.508 e. The average Bonchev–Trinajstić information content (AvgIpc) is 2.42. The van der Waals surface area contributed by atoms with Crippen molar-refractivity contribution in [2.24, 2.45) is 0 Å². The van der Waals surface area contributed by atoms with Gasteiger partial charge in [-0.1, -0.05) is 30.3 Å². The molecule has 1 N–H and O–H groups in total. The molecule has 0 aliphatic heterocycles. The highest BCUT2D eigenvalue weighted by atomic mass is 16.5. The number of methoxy groups -OCH3 is 2. The van der Waals surface area contributed by atoms with Crippen LogP contribution in [0.1, 0.15) is 5.56 Å². The summed E-state index contributed by atoms with van der Waals surface area (Å²) in [5, 5.41) is 8.92. The van der Waals surface area contributed by atoms with Crippen LogP contribution in [0.15, 0.2) is 48.5 Å². The van der Waals surface area contributed by atoms with Gasteiger partial charge in [-0.2, -0.15) is 0 Å². The van der Waals surface area contributed by atoms with Crippen LogP contribution in [0.4, 0.5) is 0 Å². The summed E-state index contributed by atoms with van der Waals surface area (Å²) in [7, 11) is 3.25. The molecule has 0 saturated heterocycles. The monoisotopic (exact) mass is 246 g/mol. The lowest BCUT2D eigenvalue weighted by Gasteiger charge is -2.04. The maximum Gasteiger partial charge on any atom is 0.160 e. The maximum atomic E-state index is 8.92. The van der Waals surface area contributed by atoms with Crippen molar-refractivity contribution < 1.29 is 14.6 Å². The van der Waals surface area contributed by atoms with E-state index >= 15 is 0 Å². The van der Waals surface area contributed by atoms with Gasteiger partial charge in [0.2, 0.25) is 0 Å². The van der Waals surface area contributed by atoms with E-state index in [0.717, 1.165) is 17.1 Å². The predicted octanol–water partition coefficient (Wildman–Crippen LogP) is 3.40. The standard InChI is InChI=1S/C8H10O2.C7H8O/c1-9-7-5-3-4-6-8(7)10-2;1-6-4-2-3-5-7(6)8/h3-6H,1-2H3;2-5,8H,1H3. The Hall–Kier alpha value is -2.16. The lowest BCUT2D eigenvalue weighted by atomic mass is 10.2. The smallest absolute Gasteiger partial charge is 0.160 e. The molecule has 3 heteroatoms. The molecule has 0 aliphatic carbocycles. The van der Waals surface area contributed by atoms with Gasteiger partial charge in [0.1, 0.15) is 5.75 Å². The molecular weight excluding hydrogens is 228 g/mol. The second-order valence-corrected chi connectivity index (χ2v) is 3.64. The molecule has 0 aromatic heterocycles. The maximum absolute atomic E-state index is 8.92. The first-order chi connectivity index (χ1) is 8.69. The normalized spacial score (nSPS) is 9.06. The summed E-state index contributed by atoms with van der Waals surface area (Å²) in [5.41, 5.74) is 0.924. The molecule has 0 spiro atoms. The molecule has 0 amide bonds. The zero-order valence-electron chi connectivity index (χ0n) is 10.9. The van der Waals surface area contributed by atoms with E-state index in [1.54, 1.807) is 20.3 Å². The molecule has 2 aromatic rings. The van der Waals surface area contributed by atoms with Crippen LogP contribution in [0, 0.1) is 6.92 Å². The van der Waals surface area contributed by atoms with Crippen molar-refractivity contribution in [1.29, 1.82) is 0 Å². The van der Waals surface area contributed by atoms with Crippen LogP contribution < -0.4 is 9.47 Å². The summed E-state index contributed by atoms with van der Waals surface area (Å²) < 4.78 is 10.0. The molecule has 0 atom stereocenters. The Morgan fingerprint density at radius 2 is 1.22 bits per heavy atom. The van der Waals surface area contributed by atoms with E-state index in [9.17, 15) is 0 Å². The molecule has 0 unspecified atom stereocenters. The molecule has 0 bridgehead atoms. The SMILES string of the molecule is COc1ccccc1OC.Cc1ccccc1O. The first-order valence-corrected chi connectivity index (χ1v) is 5.60. The Kier molecular flexibility index (Phi) is 5.58. The van der Waals surface area contributed by atoms with Crippen molar-refractivity contribution in [3.63, 3.8) is 0 Å². The third kappa shape index (κ3) is 4.01. The minimum absolute atomic E-state index is 0.368. The van der Waals surface area contributed by atoms with E-state index in [1.807, 2.05) is 49.4 Å². The van der Waals surface area contributed by atoms with E-state index in [4.69, 9.17) is 14.6 Å². The number of ether oxygens (including phenoxy) is 2. The molecule has 0 heterocycles. The Bertz CT molecular complexity index is 437. The van der Waals surface area contributed by atoms with Crippen molar-refractivity contribution in [3.05, 3.63) is 54.1 Å². The van der Waals surface area contributed by atoms with Gasteiger partial charge in [0, 0.05) is 0 Å². The number of benzene rings is 2. The summed E-state index contributed by atoms with van der Waals surface area (Å²) >= 11 is 0. The fourth-order valence-corrected chi connectivity index (χ4v) is 1.35. The minimum Gasteiger partial charge on any atom is -0.508 e. The van der Waals surface area contributed by atoms with Gasteiger partial charge in [-0.3, -0.25) is 0 Å². The highest BCUT2D eigenvalue weighted by Gasteiger charge is 1.97. The molecule has 0 aliphatic rings. The Balaban J connectivity index is 0.000000184. The van der Waals surface area contributed by atoms with Crippen LogP contribution in [0.3, 0.4) is 0 Å². The van der Waals surface area contributed by atoms with E-state index in [-0.39, 0.29) is 0 Å². The summed E-state index contributed by atoms with van der Waals surface area (Å²) in [4.78, 5) is 0. The number of phenolic OH excluding ortho intramolecular Hbond substituents is 1. The van der Waals surface area contributed by atoms with Crippen LogP contribution in [-0.2, 0) is 0 Å². The van der Waals surface area contributed by atoms with Crippen molar-refractivity contribution in [2.75, 3.05) is 14.2 Å². The summed E-state index contributed by atoms with van der Waals surface area (Å²) in [6, 6.07) is 14.8. The van der Waals surface area contributed by atoms with Gasteiger partial charge in [-0.25, -0.2) is 0 Å². The number of aromatic hydroxyl groups is 1. The molecule has 18 heavy (non-hydrogen) atoms. The van der Waals surface area contributed by atoms with Gasteiger partial charge < -0.3 is 14.6 Å². The van der Waals surface area contributed by atoms with Gasteiger partial charge in [-0.05, 0) is 30.7 Å². The van der Waals surface area contributed by atoms with Crippen LogP contribution in [0.25, 0.3) is 0 Å². The Labute approximate surface area is 108 Å². The number of phenols is 1. The Morgan fingerprint density at radius 1 is 0.778 bits per heavy atom. The Morgan fingerprint density at radius 3 is 1.56 bits per heavy atom. The van der Waals surface area contributed by atoms with Crippen LogP contribution in [0.5, 0.6) is 17.2 Å². The third-order valence-corrected chi connectivity index (χ3v) is 2.40. The summed E-state index contributed by atoms with van der Waals surface area (Å²) in [6.07, 6.45) is 0. The topological polar surface area (TPSA) is 38.7 Å². The van der Waals surface area contributed by atoms with Gasteiger partial charge in [0.15, 0.2) is 11.5 Å². The second kappa shape index (κ2) is 7.22. The number of para-hydroxylation sites is 3. The van der Waals surface area contributed by atoms with Crippen LogP contribution in [0.2, 0.25) is 0 Å². The molecule has 0 radical (unpaired) electrons. The second-order valence-electron chi connectivity index (χ2n) is 3.64. The molecule has 2 aromatic carbocycles. The van der Waals surface area contributed by atoms with Gasteiger partial charge in [0.05, 0.1) is 14.2 Å². The van der Waals surface area contributed by atoms with Gasteiger partial charge in [0.25, 0.3) is 0 Å². The fraction of sp³-hybridized carbons (Fsp3) is 0.200. The number of rotatable bonds is 2. The molecule has 0 fully saturated rings. The lowest BCUT2D eigenvalue weighted by Crippen LogP contribution is -1.88. The first-order valence-electron chi connectivity index (χ1n) is 5.60. The lowest BCUT2D eigenvalue weighted by molar-refractivity contribution is 0.355. The summed E-state index contributed by atoms with van der Waals surface area (Å²) in [5.74, 6) is 1.91. The first kappa shape index (κ1) is 13.9. The average molecular weight is 246 g/mol. The van der Waals surface area contributed by atoms with Crippen molar-refractivity contribution in [1.82, 2.24) is 0 Å². The van der Waals surface area contributed by atoms with Crippen molar-refractivity contribution >= 4 is 0 Å². The summed E-state index contributed by atoms with van der Waals surface area (Å²) in [6.45, 7) is 1.87. The quantitative estimate of drug-likeness (QED) is 0.882. The number of aryl methyl sites for hydroxylation is 1. The zero-order chi connectivity index (χ0) is 13.4. The number of hydrogen-bond donors (Lipinski definition) is 1. The molecular formula is C15H18O3. The van der Waals surface area contributed by atoms with E-state index in [1.165, 1.54) is 0 Å². The molecule has 3 nitrogen and oxygen atoms in total. The minimum atomic E-state index is 0.368. The zero-order valence-corrected chi connectivity index (χ0v) is 10.9. The molecule has 2 rings (SSSR count). The van der Waals surface area contributed by atoms with E-state index < -0.39 is 0 Å². The van der Waals surface area contributed by atoms with Crippen LogP contribution in [-0.4, -0.2) is 19.3 Å². The van der Waals surface area contributed by atoms with Crippen LogP contribution >= 0.6 is 0 Å². The highest BCUT2D eigenvalue weighted by Crippen LogP contribution is 2.24. The number of hydrogen-bond acceptors (Lipinski definition) is 3. The third-order valence-electron chi connectivity index (χ3n) is 2.40.